The summed E-state index contributed by atoms with van der Waals surface area (Å²) in [6, 6.07) is 23.2. The highest BCUT2D eigenvalue weighted by Crippen LogP contribution is 2.34. The van der Waals surface area contributed by atoms with Gasteiger partial charge in [-0.3, -0.25) is 4.98 Å². The van der Waals surface area contributed by atoms with Crippen molar-refractivity contribution in [3.8, 4) is 16.9 Å². The van der Waals surface area contributed by atoms with Gasteiger partial charge >= 0.3 is 0 Å². The highest BCUT2D eigenvalue weighted by Gasteiger charge is 2.18. The molecular weight excluding hydrogens is 337 g/mol. The molecule has 0 bridgehead atoms. The normalized spacial score (nSPS) is 11.3. The van der Waals surface area contributed by atoms with Gasteiger partial charge in [0.05, 0.1) is 11.2 Å². The monoisotopic (exact) mass is 353 g/mol. The van der Waals surface area contributed by atoms with Gasteiger partial charge in [0.1, 0.15) is 17.0 Å². The van der Waals surface area contributed by atoms with Crippen molar-refractivity contribution >= 4 is 21.8 Å². The SMILES string of the molecule is Cc1ccc(-n2nc(-c3ccccc3)c3cnc4c(F)cccc4c32)cc1. The average molecular weight is 353 g/mol. The second-order valence-corrected chi connectivity index (χ2v) is 6.62. The molecular formula is C23H16FN3. The highest BCUT2D eigenvalue weighted by molar-refractivity contribution is 6.08. The minimum atomic E-state index is -0.327. The smallest absolute Gasteiger partial charge is 0.149 e. The van der Waals surface area contributed by atoms with Crippen LogP contribution in [0.1, 0.15) is 5.56 Å². The van der Waals surface area contributed by atoms with Crippen molar-refractivity contribution < 1.29 is 4.39 Å². The molecule has 0 saturated heterocycles. The van der Waals surface area contributed by atoms with Crippen LogP contribution in [0.5, 0.6) is 0 Å². The van der Waals surface area contributed by atoms with E-state index in [1.165, 1.54) is 11.6 Å². The molecule has 0 aliphatic heterocycles. The number of pyridine rings is 1. The van der Waals surface area contributed by atoms with Gasteiger partial charge in [-0.05, 0) is 25.1 Å². The van der Waals surface area contributed by atoms with Gasteiger partial charge in [0.2, 0.25) is 0 Å². The topological polar surface area (TPSA) is 30.7 Å². The summed E-state index contributed by atoms with van der Waals surface area (Å²) < 4.78 is 16.2. The Labute approximate surface area is 155 Å². The Balaban J connectivity index is 1.92. The molecule has 0 amide bonds. The van der Waals surface area contributed by atoms with Crippen molar-refractivity contribution in [1.82, 2.24) is 14.8 Å². The largest absolute Gasteiger partial charge is 0.252 e. The molecule has 2 heterocycles. The van der Waals surface area contributed by atoms with Crippen LogP contribution in [0.4, 0.5) is 4.39 Å². The van der Waals surface area contributed by atoms with Gasteiger partial charge in [-0.1, -0.05) is 60.2 Å². The molecule has 3 nitrogen and oxygen atoms in total. The van der Waals surface area contributed by atoms with Gasteiger partial charge in [-0.2, -0.15) is 5.10 Å². The molecule has 0 aliphatic rings. The fourth-order valence-electron chi connectivity index (χ4n) is 3.46. The third-order valence-corrected chi connectivity index (χ3v) is 4.81. The maximum absolute atomic E-state index is 14.3. The number of rotatable bonds is 2. The summed E-state index contributed by atoms with van der Waals surface area (Å²) >= 11 is 0. The quantitative estimate of drug-likeness (QED) is 0.408. The molecule has 0 unspecified atom stereocenters. The van der Waals surface area contributed by atoms with Crippen LogP contribution in [-0.4, -0.2) is 14.8 Å². The molecule has 5 rings (SSSR count). The van der Waals surface area contributed by atoms with Crippen molar-refractivity contribution in [3.05, 3.63) is 90.4 Å². The predicted molar refractivity (Wildman–Crippen MR) is 107 cm³/mol. The van der Waals surface area contributed by atoms with E-state index >= 15 is 0 Å². The van der Waals surface area contributed by atoms with Gasteiger partial charge < -0.3 is 0 Å². The molecule has 0 atom stereocenters. The first kappa shape index (κ1) is 15.7. The van der Waals surface area contributed by atoms with Crippen LogP contribution in [0, 0.1) is 12.7 Å². The zero-order valence-electron chi connectivity index (χ0n) is 14.7. The molecule has 27 heavy (non-hydrogen) atoms. The molecule has 0 saturated carbocycles. The number of para-hydroxylation sites is 1. The summed E-state index contributed by atoms with van der Waals surface area (Å²) in [5.41, 5.74) is 5.18. The second-order valence-electron chi connectivity index (χ2n) is 6.62. The summed E-state index contributed by atoms with van der Waals surface area (Å²) in [6.45, 7) is 2.05. The lowest BCUT2D eigenvalue weighted by Gasteiger charge is -2.06. The number of fused-ring (bicyclic) bond motifs is 3. The first-order valence-corrected chi connectivity index (χ1v) is 8.81. The number of benzene rings is 3. The van der Waals surface area contributed by atoms with Crippen molar-refractivity contribution in [2.75, 3.05) is 0 Å². The minimum absolute atomic E-state index is 0.327. The maximum atomic E-state index is 14.3. The van der Waals surface area contributed by atoms with E-state index in [9.17, 15) is 4.39 Å². The summed E-state index contributed by atoms with van der Waals surface area (Å²) in [5, 5.41) is 6.55. The number of halogens is 1. The number of nitrogens with zero attached hydrogens (tertiary/aromatic N) is 3. The lowest BCUT2D eigenvalue weighted by atomic mass is 10.1. The number of aromatic nitrogens is 3. The molecule has 0 radical (unpaired) electrons. The van der Waals surface area contributed by atoms with E-state index in [2.05, 4.69) is 24.0 Å². The lowest BCUT2D eigenvalue weighted by molar-refractivity contribution is 0.637. The molecule has 0 spiro atoms. The third kappa shape index (κ3) is 2.49. The Morgan fingerprint density at radius 3 is 2.37 bits per heavy atom. The Morgan fingerprint density at radius 2 is 1.59 bits per heavy atom. The van der Waals surface area contributed by atoms with E-state index in [0.717, 1.165) is 33.2 Å². The molecule has 130 valence electrons. The Morgan fingerprint density at radius 1 is 0.815 bits per heavy atom. The Hall–Kier alpha value is -3.53. The molecule has 5 aromatic rings. The first-order valence-electron chi connectivity index (χ1n) is 8.81. The van der Waals surface area contributed by atoms with E-state index in [1.54, 1.807) is 12.3 Å². The van der Waals surface area contributed by atoms with Crippen molar-refractivity contribution in [1.29, 1.82) is 0 Å². The fourth-order valence-corrected chi connectivity index (χ4v) is 3.46. The molecule has 3 aromatic carbocycles. The van der Waals surface area contributed by atoms with Crippen LogP contribution in [0.2, 0.25) is 0 Å². The zero-order chi connectivity index (χ0) is 18.4. The standard InChI is InChI=1S/C23H16FN3/c1-15-10-12-17(13-11-15)27-23-18-8-5-9-20(24)22(18)25-14-19(23)21(26-27)16-6-3-2-4-7-16/h2-14H,1H3. The van der Waals surface area contributed by atoms with Crippen molar-refractivity contribution in [2.24, 2.45) is 0 Å². The highest BCUT2D eigenvalue weighted by atomic mass is 19.1. The van der Waals surface area contributed by atoms with Gasteiger partial charge in [-0.15, -0.1) is 0 Å². The zero-order valence-corrected chi connectivity index (χ0v) is 14.7. The summed E-state index contributed by atoms with van der Waals surface area (Å²) in [4.78, 5) is 4.39. The Kier molecular flexibility index (Phi) is 3.50. The van der Waals surface area contributed by atoms with Crippen molar-refractivity contribution in [3.63, 3.8) is 0 Å². The van der Waals surface area contributed by atoms with E-state index in [4.69, 9.17) is 5.10 Å². The van der Waals surface area contributed by atoms with Crippen LogP contribution in [0.3, 0.4) is 0 Å². The van der Waals surface area contributed by atoms with Crippen LogP contribution in [0.25, 0.3) is 38.8 Å². The fraction of sp³-hybridized carbons (Fsp3) is 0.0435. The third-order valence-electron chi connectivity index (χ3n) is 4.81. The van der Waals surface area contributed by atoms with Gasteiger partial charge in [0, 0.05) is 22.5 Å². The van der Waals surface area contributed by atoms with Crippen LogP contribution >= 0.6 is 0 Å². The lowest BCUT2D eigenvalue weighted by Crippen LogP contribution is -1.97. The number of aryl methyl sites for hydroxylation is 1. The van der Waals surface area contributed by atoms with E-state index in [1.807, 2.05) is 53.2 Å². The number of hydrogen-bond donors (Lipinski definition) is 0. The summed E-state index contributed by atoms with van der Waals surface area (Å²) in [7, 11) is 0. The average Bonchev–Trinajstić information content (AvgIpc) is 3.10. The molecule has 2 aromatic heterocycles. The summed E-state index contributed by atoms with van der Waals surface area (Å²) in [5.74, 6) is -0.327. The minimum Gasteiger partial charge on any atom is -0.252 e. The van der Waals surface area contributed by atoms with E-state index < -0.39 is 0 Å². The van der Waals surface area contributed by atoms with Crippen LogP contribution in [-0.2, 0) is 0 Å². The van der Waals surface area contributed by atoms with Crippen LogP contribution in [0.15, 0.2) is 79.0 Å². The van der Waals surface area contributed by atoms with Gasteiger partial charge in [0.25, 0.3) is 0 Å². The predicted octanol–water partition coefficient (Wildman–Crippen LogP) is 5.69. The van der Waals surface area contributed by atoms with Gasteiger partial charge in [0.15, 0.2) is 0 Å². The Bertz CT molecular complexity index is 1270. The molecule has 0 aliphatic carbocycles. The van der Waals surface area contributed by atoms with Crippen LogP contribution < -0.4 is 0 Å². The number of hydrogen-bond acceptors (Lipinski definition) is 2. The second kappa shape index (κ2) is 6.02. The van der Waals surface area contributed by atoms with E-state index in [-0.39, 0.29) is 5.82 Å². The summed E-state index contributed by atoms with van der Waals surface area (Å²) in [6.07, 6.45) is 1.72. The maximum Gasteiger partial charge on any atom is 0.149 e. The molecule has 0 N–H and O–H groups in total. The first-order chi connectivity index (χ1) is 13.2. The molecule has 0 fully saturated rings. The van der Waals surface area contributed by atoms with Gasteiger partial charge in [-0.25, -0.2) is 9.07 Å². The molecule has 4 heteroatoms. The van der Waals surface area contributed by atoms with Crippen molar-refractivity contribution in [2.45, 2.75) is 6.92 Å². The van der Waals surface area contributed by atoms with E-state index in [0.29, 0.717) is 5.52 Å².